The van der Waals surface area contributed by atoms with Gasteiger partial charge in [0.05, 0.1) is 17.6 Å². The molecule has 0 radical (unpaired) electrons. The van der Waals surface area contributed by atoms with Gasteiger partial charge in [0.1, 0.15) is 0 Å². The van der Waals surface area contributed by atoms with E-state index in [9.17, 15) is 13.2 Å². The van der Waals surface area contributed by atoms with Crippen LogP contribution in [0.15, 0.2) is 47.4 Å². The van der Waals surface area contributed by atoms with Gasteiger partial charge in [0.2, 0.25) is 10.0 Å². The van der Waals surface area contributed by atoms with Gasteiger partial charge in [-0.3, -0.25) is 4.79 Å². The average Bonchev–Trinajstić information content (AvgIpc) is 2.65. The lowest BCUT2D eigenvalue weighted by atomic mass is 10.1. The number of nitrogens with zero attached hydrogens (tertiary/aromatic N) is 1. The summed E-state index contributed by atoms with van der Waals surface area (Å²) >= 11 is 0. The molecule has 2 aromatic carbocycles. The third-order valence-corrected chi connectivity index (χ3v) is 6.52. The molecule has 0 aliphatic carbocycles. The molecule has 6 nitrogen and oxygen atoms in total. The number of rotatable bonds is 4. The summed E-state index contributed by atoms with van der Waals surface area (Å²) in [6.07, 6.45) is -0.149. The largest absolute Gasteiger partial charge is 0.376 e. The fraction of sp³-hybridized carbons (Fsp3) is 0.350. The Labute approximate surface area is 160 Å². The fourth-order valence-electron chi connectivity index (χ4n) is 3.15. The van der Waals surface area contributed by atoms with Gasteiger partial charge in [-0.1, -0.05) is 24.3 Å². The second-order valence-electron chi connectivity index (χ2n) is 6.79. The maximum atomic E-state index is 12.9. The Morgan fingerprint density at radius 3 is 2.48 bits per heavy atom. The Balaban J connectivity index is 1.86. The maximum absolute atomic E-state index is 12.9. The molecule has 1 fully saturated rings. The van der Waals surface area contributed by atoms with Crippen molar-refractivity contribution in [2.24, 2.45) is 0 Å². The lowest BCUT2D eigenvalue weighted by Gasteiger charge is -2.30. The Hall–Kier alpha value is -2.22. The molecule has 1 aliphatic rings. The zero-order valence-corrected chi connectivity index (χ0v) is 16.5. The second-order valence-corrected chi connectivity index (χ2v) is 8.73. The zero-order valence-electron chi connectivity index (χ0n) is 15.7. The number of morpholine rings is 1. The third-order valence-electron chi connectivity index (χ3n) is 4.66. The van der Waals surface area contributed by atoms with Gasteiger partial charge in [-0.25, -0.2) is 8.42 Å². The standard InChI is InChI=1S/C20H24N2O4S/c1-14-6-4-7-15(2)19(14)21-20(23)17-8-5-9-18(12-17)27(24,25)22-10-11-26-16(3)13-22/h4-9,12,16H,10-11,13H2,1-3H3,(H,21,23). The van der Waals surface area contributed by atoms with E-state index in [-0.39, 0.29) is 16.9 Å². The second kappa shape index (κ2) is 7.80. The predicted octanol–water partition coefficient (Wildman–Crippen LogP) is 2.97. The number of aryl methyl sites for hydroxylation is 2. The first-order valence-corrected chi connectivity index (χ1v) is 10.3. The van der Waals surface area contributed by atoms with Crippen LogP contribution in [-0.2, 0) is 14.8 Å². The van der Waals surface area contributed by atoms with Crippen molar-refractivity contribution in [2.45, 2.75) is 31.8 Å². The molecule has 27 heavy (non-hydrogen) atoms. The van der Waals surface area contributed by atoms with Crippen LogP contribution in [0.5, 0.6) is 0 Å². The molecule has 1 N–H and O–H groups in total. The van der Waals surface area contributed by atoms with Crippen LogP contribution in [0.3, 0.4) is 0 Å². The molecule has 0 saturated carbocycles. The first-order chi connectivity index (χ1) is 12.8. The van der Waals surface area contributed by atoms with Crippen LogP contribution in [0.2, 0.25) is 0 Å². The molecule has 3 rings (SSSR count). The quantitative estimate of drug-likeness (QED) is 0.874. The lowest BCUT2D eigenvalue weighted by Crippen LogP contribution is -2.44. The van der Waals surface area contributed by atoms with Gasteiger partial charge in [0.25, 0.3) is 5.91 Å². The number of ether oxygens (including phenoxy) is 1. The van der Waals surface area contributed by atoms with Gasteiger partial charge in [0.15, 0.2) is 0 Å². The number of anilines is 1. The fourth-order valence-corrected chi connectivity index (χ4v) is 4.69. The van der Waals surface area contributed by atoms with Crippen LogP contribution in [-0.4, -0.2) is 44.4 Å². The number of benzene rings is 2. The van der Waals surface area contributed by atoms with E-state index in [0.29, 0.717) is 25.3 Å². The number of amides is 1. The molecule has 0 aromatic heterocycles. The van der Waals surface area contributed by atoms with Crippen LogP contribution < -0.4 is 5.32 Å². The van der Waals surface area contributed by atoms with Gasteiger partial charge in [-0.15, -0.1) is 0 Å². The SMILES string of the molecule is Cc1cccc(C)c1NC(=O)c1cccc(S(=O)(=O)N2CCOC(C)C2)c1. The van der Waals surface area contributed by atoms with Crippen molar-refractivity contribution in [1.82, 2.24) is 4.31 Å². The normalized spacial score (nSPS) is 18.3. The van der Waals surface area contributed by atoms with Crippen LogP contribution in [0.4, 0.5) is 5.69 Å². The van der Waals surface area contributed by atoms with Gasteiger partial charge in [-0.2, -0.15) is 4.31 Å². The summed E-state index contributed by atoms with van der Waals surface area (Å²) in [5.41, 5.74) is 2.96. The highest BCUT2D eigenvalue weighted by Gasteiger charge is 2.29. The molecule has 1 unspecified atom stereocenters. The summed E-state index contributed by atoms with van der Waals surface area (Å²) in [6, 6.07) is 11.9. The average molecular weight is 388 g/mol. The highest BCUT2D eigenvalue weighted by Crippen LogP contribution is 2.23. The maximum Gasteiger partial charge on any atom is 0.255 e. The summed E-state index contributed by atoms with van der Waals surface area (Å²) in [6.45, 7) is 6.67. The van der Waals surface area contributed by atoms with E-state index in [1.807, 2.05) is 39.0 Å². The van der Waals surface area contributed by atoms with Gasteiger partial charge >= 0.3 is 0 Å². The molecule has 144 valence electrons. The van der Waals surface area contributed by atoms with Gasteiger partial charge in [0, 0.05) is 24.3 Å². The minimum absolute atomic E-state index is 0.116. The minimum atomic E-state index is -3.67. The summed E-state index contributed by atoms with van der Waals surface area (Å²) in [5.74, 6) is -0.334. The molecule has 1 aliphatic heterocycles. The van der Waals surface area contributed by atoms with Crippen LogP contribution in [0.25, 0.3) is 0 Å². The topological polar surface area (TPSA) is 75.7 Å². The predicted molar refractivity (Wildman–Crippen MR) is 104 cm³/mol. The van der Waals surface area contributed by atoms with Crippen molar-refractivity contribution in [3.05, 3.63) is 59.2 Å². The number of para-hydroxylation sites is 1. The lowest BCUT2D eigenvalue weighted by molar-refractivity contribution is 0.0102. The summed E-state index contributed by atoms with van der Waals surface area (Å²) in [4.78, 5) is 12.8. The van der Waals surface area contributed by atoms with E-state index in [1.54, 1.807) is 12.1 Å². The van der Waals surface area contributed by atoms with Crippen molar-refractivity contribution in [1.29, 1.82) is 0 Å². The van der Waals surface area contributed by atoms with Crippen molar-refractivity contribution >= 4 is 21.6 Å². The van der Waals surface area contributed by atoms with E-state index in [0.717, 1.165) is 16.8 Å². The monoisotopic (exact) mass is 388 g/mol. The smallest absolute Gasteiger partial charge is 0.255 e. The van der Waals surface area contributed by atoms with Crippen molar-refractivity contribution < 1.29 is 17.9 Å². The molecule has 1 saturated heterocycles. The molecule has 0 bridgehead atoms. The van der Waals surface area contributed by atoms with Crippen molar-refractivity contribution in [3.8, 4) is 0 Å². The molecule has 1 amide bonds. The Bertz CT molecular complexity index is 936. The minimum Gasteiger partial charge on any atom is -0.376 e. The van der Waals surface area contributed by atoms with E-state index < -0.39 is 10.0 Å². The number of carbonyl (C=O) groups excluding carboxylic acids is 1. The van der Waals surface area contributed by atoms with E-state index in [2.05, 4.69) is 5.32 Å². The van der Waals surface area contributed by atoms with Crippen LogP contribution in [0.1, 0.15) is 28.4 Å². The molecular formula is C20H24N2O4S. The molecule has 1 heterocycles. The number of nitrogens with one attached hydrogen (secondary N) is 1. The number of hydrogen-bond donors (Lipinski definition) is 1. The number of carbonyl (C=O) groups is 1. The molecular weight excluding hydrogens is 364 g/mol. The number of sulfonamides is 1. The van der Waals surface area contributed by atoms with E-state index >= 15 is 0 Å². The van der Waals surface area contributed by atoms with E-state index in [1.165, 1.54) is 16.4 Å². The van der Waals surface area contributed by atoms with Gasteiger partial charge in [-0.05, 0) is 50.1 Å². The third kappa shape index (κ3) is 4.21. The van der Waals surface area contributed by atoms with Gasteiger partial charge < -0.3 is 10.1 Å². The first-order valence-electron chi connectivity index (χ1n) is 8.88. The molecule has 0 spiro atoms. The van der Waals surface area contributed by atoms with Crippen LogP contribution >= 0.6 is 0 Å². The first kappa shape index (κ1) is 19.5. The van der Waals surface area contributed by atoms with E-state index in [4.69, 9.17) is 4.74 Å². The molecule has 2 aromatic rings. The van der Waals surface area contributed by atoms with Crippen molar-refractivity contribution in [2.75, 3.05) is 25.0 Å². The number of hydrogen-bond acceptors (Lipinski definition) is 4. The highest BCUT2D eigenvalue weighted by atomic mass is 32.2. The van der Waals surface area contributed by atoms with Crippen molar-refractivity contribution in [3.63, 3.8) is 0 Å². The van der Waals surface area contributed by atoms with Crippen LogP contribution in [0, 0.1) is 13.8 Å². The molecule has 7 heteroatoms. The summed E-state index contributed by atoms with van der Waals surface area (Å²) in [5, 5.41) is 2.89. The zero-order chi connectivity index (χ0) is 19.6. The Kier molecular flexibility index (Phi) is 5.64. The summed E-state index contributed by atoms with van der Waals surface area (Å²) in [7, 11) is -3.67. The summed E-state index contributed by atoms with van der Waals surface area (Å²) < 4.78 is 32.7. The highest BCUT2D eigenvalue weighted by molar-refractivity contribution is 7.89. The Morgan fingerprint density at radius 2 is 1.81 bits per heavy atom. The molecule has 1 atom stereocenters. The Morgan fingerprint density at radius 1 is 1.15 bits per heavy atom.